The number of amides is 1. The average molecular weight is 417 g/mol. The van der Waals surface area contributed by atoms with E-state index in [4.69, 9.17) is 9.47 Å². The van der Waals surface area contributed by atoms with Crippen LogP contribution in [0.3, 0.4) is 0 Å². The lowest BCUT2D eigenvalue weighted by atomic mass is 10.2. The molecule has 1 fully saturated rings. The number of benzene rings is 1. The lowest BCUT2D eigenvalue weighted by Gasteiger charge is -2.24. The zero-order chi connectivity index (χ0) is 20.6. The van der Waals surface area contributed by atoms with E-state index < -0.39 is 0 Å². The van der Waals surface area contributed by atoms with Crippen LogP contribution in [0.1, 0.15) is 41.9 Å². The van der Waals surface area contributed by atoms with Gasteiger partial charge >= 0.3 is 5.97 Å². The fraction of sp³-hybridized carbons (Fsp3) is 0.455. The molecule has 0 bridgehead atoms. The van der Waals surface area contributed by atoms with E-state index in [9.17, 15) is 9.59 Å². The van der Waals surface area contributed by atoms with Crippen molar-refractivity contribution in [1.82, 2.24) is 4.90 Å². The fourth-order valence-electron chi connectivity index (χ4n) is 3.26. The number of hydrogen-bond donors (Lipinski definition) is 1. The molecule has 0 spiro atoms. The summed E-state index contributed by atoms with van der Waals surface area (Å²) in [6.45, 7) is 6.18. The van der Waals surface area contributed by atoms with Crippen molar-refractivity contribution in [3.63, 3.8) is 0 Å². The number of rotatable bonds is 9. The van der Waals surface area contributed by atoms with E-state index in [0.29, 0.717) is 11.3 Å². The zero-order valence-electron chi connectivity index (χ0n) is 16.9. The first kappa shape index (κ1) is 21.5. The van der Waals surface area contributed by atoms with Crippen molar-refractivity contribution in [2.24, 2.45) is 0 Å². The summed E-state index contributed by atoms with van der Waals surface area (Å²) < 4.78 is 10.9. The van der Waals surface area contributed by atoms with E-state index in [1.54, 1.807) is 35.6 Å². The number of carbonyl (C=O) groups excluding carboxylic acids is 2. The maximum Gasteiger partial charge on any atom is 0.338 e. The summed E-state index contributed by atoms with van der Waals surface area (Å²) in [4.78, 5) is 27.9. The molecule has 1 aromatic carbocycles. The van der Waals surface area contributed by atoms with Crippen LogP contribution in [0.2, 0.25) is 0 Å². The van der Waals surface area contributed by atoms with E-state index in [2.05, 4.69) is 16.3 Å². The molecule has 0 radical (unpaired) electrons. The number of nitrogens with zero attached hydrogens (tertiary/aromatic N) is 1. The summed E-state index contributed by atoms with van der Waals surface area (Å²) in [6.07, 6.45) is 2.14. The van der Waals surface area contributed by atoms with Crippen molar-refractivity contribution in [3.8, 4) is 0 Å². The molecule has 1 aromatic heterocycles. The molecule has 6 nitrogen and oxygen atoms in total. The zero-order valence-corrected chi connectivity index (χ0v) is 17.7. The first-order valence-electron chi connectivity index (χ1n) is 9.97. The molecule has 0 saturated carbocycles. The molecule has 1 aliphatic heterocycles. The van der Waals surface area contributed by atoms with Crippen LogP contribution in [-0.4, -0.2) is 48.7 Å². The van der Waals surface area contributed by atoms with E-state index >= 15 is 0 Å². The minimum Gasteiger partial charge on any atom is -0.459 e. The highest BCUT2D eigenvalue weighted by Gasteiger charge is 2.21. The molecule has 0 aliphatic carbocycles. The molecular weight excluding hydrogens is 388 g/mol. The van der Waals surface area contributed by atoms with E-state index in [1.807, 2.05) is 25.3 Å². The van der Waals surface area contributed by atoms with Gasteiger partial charge in [-0.2, -0.15) is 0 Å². The molecule has 1 unspecified atom stereocenters. The van der Waals surface area contributed by atoms with Crippen LogP contribution in [0, 0.1) is 0 Å². The minimum atomic E-state index is -0.364. The average Bonchev–Trinajstić information content (AvgIpc) is 3.36. The highest BCUT2D eigenvalue weighted by Crippen LogP contribution is 2.18. The van der Waals surface area contributed by atoms with E-state index in [1.165, 1.54) is 4.88 Å². The fourth-order valence-corrected chi connectivity index (χ4v) is 4.01. The topological polar surface area (TPSA) is 67.9 Å². The van der Waals surface area contributed by atoms with Crippen molar-refractivity contribution in [3.05, 3.63) is 52.2 Å². The van der Waals surface area contributed by atoms with Crippen molar-refractivity contribution in [1.29, 1.82) is 0 Å². The number of nitrogens with one attached hydrogen (secondary N) is 1. The number of esters is 1. The third kappa shape index (κ3) is 6.96. The van der Waals surface area contributed by atoms with Crippen molar-refractivity contribution in [2.45, 2.75) is 45.4 Å². The molecule has 3 rings (SSSR count). The Balaban J connectivity index is 1.56. The van der Waals surface area contributed by atoms with Gasteiger partial charge in [0, 0.05) is 30.3 Å². The lowest BCUT2D eigenvalue weighted by Crippen LogP contribution is -2.37. The smallest absolute Gasteiger partial charge is 0.338 e. The highest BCUT2D eigenvalue weighted by molar-refractivity contribution is 7.09. The van der Waals surface area contributed by atoms with Gasteiger partial charge in [-0.15, -0.1) is 11.3 Å². The molecule has 1 N–H and O–H groups in total. The Morgan fingerprint density at radius 1 is 1.28 bits per heavy atom. The number of carbonyl (C=O) groups is 2. The SMILES string of the molecule is CC(C)OC(=O)c1ccc(NC(=O)CN(Cc2cccs2)CC2CCCO2)cc1. The standard InChI is InChI=1S/C22H28N2O4S/c1-16(2)28-22(26)17-7-9-18(10-8-17)23-21(25)15-24(13-19-5-3-11-27-19)14-20-6-4-12-29-20/h4,6-10,12,16,19H,3,5,11,13-15H2,1-2H3,(H,23,25). The van der Waals surface area contributed by atoms with Gasteiger partial charge in [0.05, 0.1) is 24.3 Å². The van der Waals surface area contributed by atoms with Gasteiger partial charge in [-0.3, -0.25) is 9.69 Å². The molecular formula is C22H28N2O4S. The Labute approximate surface area is 175 Å². The van der Waals surface area contributed by atoms with Crippen LogP contribution < -0.4 is 5.32 Å². The predicted octanol–water partition coefficient (Wildman–Crippen LogP) is 3.93. The Bertz CT molecular complexity index is 784. The summed E-state index contributed by atoms with van der Waals surface area (Å²) in [7, 11) is 0. The summed E-state index contributed by atoms with van der Waals surface area (Å²) in [5.41, 5.74) is 1.12. The van der Waals surface area contributed by atoms with E-state index in [-0.39, 0.29) is 30.6 Å². The van der Waals surface area contributed by atoms with Gasteiger partial charge < -0.3 is 14.8 Å². The molecule has 1 saturated heterocycles. The summed E-state index contributed by atoms with van der Waals surface area (Å²) in [6, 6.07) is 10.9. The van der Waals surface area contributed by atoms with Crippen LogP contribution in [-0.2, 0) is 20.8 Å². The lowest BCUT2D eigenvalue weighted by molar-refractivity contribution is -0.117. The van der Waals surface area contributed by atoms with Gasteiger partial charge in [0.2, 0.25) is 5.91 Å². The molecule has 156 valence electrons. The second-order valence-electron chi connectivity index (χ2n) is 7.46. The van der Waals surface area contributed by atoms with Gasteiger partial charge in [-0.05, 0) is 62.4 Å². The third-order valence-corrected chi connectivity index (χ3v) is 5.42. The Kier molecular flexibility index (Phi) is 7.80. The number of thiophene rings is 1. The molecule has 2 aromatic rings. The molecule has 1 atom stereocenters. The minimum absolute atomic E-state index is 0.0861. The summed E-state index contributed by atoms with van der Waals surface area (Å²) >= 11 is 1.69. The quantitative estimate of drug-likeness (QED) is 0.627. The predicted molar refractivity (Wildman–Crippen MR) is 114 cm³/mol. The highest BCUT2D eigenvalue weighted by atomic mass is 32.1. The van der Waals surface area contributed by atoms with Gasteiger partial charge in [0.25, 0.3) is 0 Å². The monoisotopic (exact) mass is 416 g/mol. The third-order valence-electron chi connectivity index (χ3n) is 4.56. The maximum absolute atomic E-state index is 12.6. The van der Waals surface area contributed by atoms with Gasteiger partial charge in [0.15, 0.2) is 0 Å². The van der Waals surface area contributed by atoms with Crippen LogP contribution >= 0.6 is 11.3 Å². The number of hydrogen-bond acceptors (Lipinski definition) is 6. The van der Waals surface area contributed by atoms with Crippen LogP contribution in [0.25, 0.3) is 0 Å². The second-order valence-corrected chi connectivity index (χ2v) is 8.50. The Hall–Kier alpha value is -2.22. The summed E-state index contributed by atoms with van der Waals surface area (Å²) in [5.74, 6) is -0.450. The first-order chi connectivity index (χ1) is 14.0. The maximum atomic E-state index is 12.6. The van der Waals surface area contributed by atoms with Crippen LogP contribution in [0.5, 0.6) is 0 Å². The number of ether oxygens (including phenoxy) is 2. The van der Waals surface area contributed by atoms with Crippen molar-refractivity contribution < 1.29 is 19.1 Å². The van der Waals surface area contributed by atoms with Crippen LogP contribution in [0.15, 0.2) is 41.8 Å². The molecule has 7 heteroatoms. The normalized spacial score (nSPS) is 16.3. The van der Waals surface area contributed by atoms with Gasteiger partial charge in [0.1, 0.15) is 0 Å². The van der Waals surface area contributed by atoms with Crippen molar-refractivity contribution >= 4 is 28.9 Å². The summed E-state index contributed by atoms with van der Waals surface area (Å²) in [5, 5.41) is 4.96. The Morgan fingerprint density at radius 3 is 2.69 bits per heavy atom. The molecule has 1 amide bonds. The van der Waals surface area contributed by atoms with Crippen molar-refractivity contribution in [2.75, 3.05) is 25.0 Å². The van der Waals surface area contributed by atoms with Gasteiger partial charge in [-0.25, -0.2) is 4.79 Å². The largest absolute Gasteiger partial charge is 0.459 e. The molecule has 2 heterocycles. The number of anilines is 1. The van der Waals surface area contributed by atoms with Crippen LogP contribution in [0.4, 0.5) is 5.69 Å². The van der Waals surface area contributed by atoms with Gasteiger partial charge in [-0.1, -0.05) is 6.07 Å². The van der Waals surface area contributed by atoms with E-state index in [0.717, 1.165) is 32.5 Å². The Morgan fingerprint density at radius 2 is 2.07 bits per heavy atom. The second kappa shape index (κ2) is 10.5. The molecule has 1 aliphatic rings. The first-order valence-corrected chi connectivity index (χ1v) is 10.8. The molecule has 29 heavy (non-hydrogen) atoms.